The SMILES string of the molecule is O=C(COc1ccccc1Cc1ccccc1)NNC(=O)c1c[nH]c(=S)n1-c1ccccc1. The van der Waals surface area contributed by atoms with Gasteiger partial charge in [0.1, 0.15) is 11.4 Å². The highest BCUT2D eigenvalue weighted by Gasteiger charge is 2.15. The van der Waals surface area contributed by atoms with Crippen molar-refractivity contribution in [3.05, 3.63) is 113 Å². The lowest BCUT2D eigenvalue weighted by Gasteiger charge is -2.13. The number of nitrogens with one attached hydrogen (secondary N) is 3. The Morgan fingerprint density at radius 2 is 1.55 bits per heavy atom. The van der Waals surface area contributed by atoms with Crippen molar-refractivity contribution in [3.63, 3.8) is 0 Å². The van der Waals surface area contributed by atoms with Crippen LogP contribution in [0.2, 0.25) is 0 Å². The van der Waals surface area contributed by atoms with E-state index in [1.807, 2.05) is 84.9 Å². The van der Waals surface area contributed by atoms with Gasteiger partial charge < -0.3 is 9.72 Å². The van der Waals surface area contributed by atoms with Crippen LogP contribution in [-0.2, 0) is 11.2 Å². The molecule has 0 spiro atoms. The maximum Gasteiger partial charge on any atom is 0.288 e. The Morgan fingerprint density at radius 1 is 0.879 bits per heavy atom. The summed E-state index contributed by atoms with van der Waals surface area (Å²) in [5.41, 5.74) is 7.90. The first-order valence-electron chi connectivity index (χ1n) is 10.3. The normalized spacial score (nSPS) is 10.4. The lowest BCUT2D eigenvalue weighted by atomic mass is 10.0. The number of para-hydroxylation sites is 2. The van der Waals surface area contributed by atoms with Gasteiger partial charge in [-0.05, 0) is 41.5 Å². The molecule has 1 aromatic heterocycles. The van der Waals surface area contributed by atoms with Crippen molar-refractivity contribution in [3.8, 4) is 11.4 Å². The van der Waals surface area contributed by atoms with Gasteiger partial charge in [0.25, 0.3) is 11.8 Å². The lowest BCUT2D eigenvalue weighted by Crippen LogP contribution is -2.44. The summed E-state index contributed by atoms with van der Waals surface area (Å²) in [5.74, 6) is -0.381. The third-order valence-electron chi connectivity index (χ3n) is 4.91. The number of ether oxygens (including phenoxy) is 1. The molecule has 0 bridgehead atoms. The maximum atomic E-state index is 12.6. The Bertz CT molecular complexity index is 1300. The van der Waals surface area contributed by atoms with Gasteiger partial charge in [0.05, 0.1) is 0 Å². The van der Waals surface area contributed by atoms with E-state index in [0.29, 0.717) is 16.9 Å². The minimum absolute atomic E-state index is 0.246. The zero-order chi connectivity index (χ0) is 23.0. The van der Waals surface area contributed by atoms with Crippen LogP contribution in [-0.4, -0.2) is 28.0 Å². The number of hydrogen-bond acceptors (Lipinski definition) is 4. The summed E-state index contributed by atoms with van der Waals surface area (Å²) in [6, 6.07) is 26.8. The third kappa shape index (κ3) is 5.55. The van der Waals surface area contributed by atoms with Crippen molar-refractivity contribution in [1.82, 2.24) is 20.4 Å². The van der Waals surface area contributed by atoms with E-state index in [1.165, 1.54) is 6.20 Å². The zero-order valence-corrected chi connectivity index (χ0v) is 18.5. The number of aromatic amines is 1. The average molecular weight is 459 g/mol. The molecule has 1 heterocycles. The molecular weight excluding hydrogens is 436 g/mol. The van der Waals surface area contributed by atoms with Crippen molar-refractivity contribution in [1.29, 1.82) is 0 Å². The highest BCUT2D eigenvalue weighted by molar-refractivity contribution is 7.71. The van der Waals surface area contributed by atoms with Crippen LogP contribution in [0.15, 0.2) is 91.1 Å². The Morgan fingerprint density at radius 3 is 2.30 bits per heavy atom. The van der Waals surface area contributed by atoms with Gasteiger partial charge >= 0.3 is 0 Å². The molecule has 3 aromatic carbocycles. The number of aromatic nitrogens is 2. The fourth-order valence-corrected chi connectivity index (χ4v) is 3.61. The highest BCUT2D eigenvalue weighted by atomic mass is 32.1. The first-order valence-corrected chi connectivity index (χ1v) is 10.7. The number of hydrazine groups is 1. The first-order chi connectivity index (χ1) is 16.1. The molecular formula is C25H22N4O3S. The predicted octanol–water partition coefficient (Wildman–Crippen LogP) is 3.97. The summed E-state index contributed by atoms with van der Waals surface area (Å²) in [4.78, 5) is 27.8. The number of carbonyl (C=O) groups is 2. The van der Waals surface area contributed by atoms with E-state index in [4.69, 9.17) is 17.0 Å². The van der Waals surface area contributed by atoms with Gasteiger partial charge in [-0.1, -0.05) is 66.7 Å². The van der Waals surface area contributed by atoms with E-state index in [2.05, 4.69) is 15.8 Å². The second kappa shape index (κ2) is 10.4. The quantitative estimate of drug-likeness (QED) is 0.289. The molecule has 0 aliphatic carbocycles. The molecule has 4 rings (SSSR count). The van der Waals surface area contributed by atoms with E-state index < -0.39 is 11.8 Å². The molecule has 0 saturated carbocycles. The number of carbonyl (C=O) groups excluding carboxylic acids is 2. The van der Waals surface area contributed by atoms with Crippen molar-refractivity contribution in [2.45, 2.75) is 6.42 Å². The third-order valence-corrected chi connectivity index (χ3v) is 5.21. The number of H-pyrrole nitrogens is 1. The first kappa shape index (κ1) is 22.0. The van der Waals surface area contributed by atoms with Crippen molar-refractivity contribution >= 4 is 24.0 Å². The molecule has 4 aromatic rings. The van der Waals surface area contributed by atoms with E-state index >= 15 is 0 Å². The molecule has 0 saturated heterocycles. The summed E-state index contributed by atoms with van der Waals surface area (Å²) < 4.78 is 7.68. The topological polar surface area (TPSA) is 88.2 Å². The molecule has 7 nitrogen and oxygen atoms in total. The van der Waals surface area contributed by atoms with Gasteiger partial charge in [-0.25, -0.2) is 0 Å². The molecule has 0 radical (unpaired) electrons. The van der Waals surface area contributed by atoms with Gasteiger partial charge in [0.2, 0.25) is 0 Å². The van der Waals surface area contributed by atoms with Crippen molar-refractivity contribution < 1.29 is 14.3 Å². The van der Waals surface area contributed by atoms with Gasteiger partial charge in [-0.2, -0.15) is 0 Å². The van der Waals surface area contributed by atoms with Crippen molar-refractivity contribution in [2.75, 3.05) is 6.61 Å². The van der Waals surface area contributed by atoms with Crippen LogP contribution < -0.4 is 15.6 Å². The maximum absolute atomic E-state index is 12.6. The minimum atomic E-state index is -0.510. The molecule has 8 heteroatoms. The molecule has 166 valence electrons. The minimum Gasteiger partial charge on any atom is -0.483 e. The van der Waals surface area contributed by atoms with Crippen LogP contribution in [0.4, 0.5) is 0 Å². The highest BCUT2D eigenvalue weighted by Crippen LogP contribution is 2.21. The van der Waals surface area contributed by atoms with E-state index in [-0.39, 0.29) is 12.3 Å². The number of amides is 2. The van der Waals surface area contributed by atoms with E-state index in [0.717, 1.165) is 16.8 Å². The molecule has 33 heavy (non-hydrogen) atoms. The Labute approximate surface area is 196 Å². The van der Waals surface area contributed by atoms with Gasteiger partial charge in [-0.15, -0.1) is 0 Å². The fourth-order valence-electron chi connectivity index (χ4n) is 3.35. The largest absolute Gasteiger partial charge is 0.483 e. The Balaban J connectivity index is 1.35. The predicted molar refractivity (Wildman–Crippen MR) is 128 cm³/mol. The molecule has 0 unspecified atom stereocenters. The fraction of sp³-hybridized carbons (Fsp3) is 0.0800. The molecule has 0 aliphatic heterocycles. The monoisotopic (exact) mass is 458 g/mol. The standard InChI is InChI=1S/C25H22N4O3S/c30-23(17-32-22-14-8-7-11-19(22)15-18-9-3-1-4-10-18)27-28-24(31)21-16-26-25(33)29(21)20-12-5-2-6-13-20/h1-14,16H,15,17H2,(H,26,33)(H,27,30)(H,28,31). The molecule has 0 fully saturated rings. The second-order valence-electron chi connectivity index (χ2n) is 7.21. The smallest absolute Gasteiger partial charge is 0.288 e. The Hall–Kier alpha value is -4.17. The summed E-state index contributed by atoms with van der Waals surface area (Å²) in [6.45, 7) is -0.246. The van der Waals surface area contributed by atoms with Crippen LogP contribution in [0.25, 0.3) is 5.69 Å². The summed E-state index contributed by atoms with van der Waals surface area (Å²) in [7, 11) is 0. The van der Waals surface area contributed by atoms with Crippen LogP contribution in [0.3, 0.4) is 0 Å². The van der Waals surface area contributed by atoms with Crippen LogP contribution in [0.5, 0.6) is 5.75 Å². The van der Waals surface area contributed by atoms with E-state index in [9.17, 15) is 9.59 Å². The van der Waals surface area contributed by atoms with Crippen LogP contribution >= 0.6 is 12.2 Å². The van der Waals surface area contributed by atoms with Gasteiger partial charge in [-0.3, -0.25) is 25.0 Å². The number of imidazole rings is 1. The summed E-state index contributed by atoms with van der Waals surface area (Å²) >= 11 is 5.28. The van der Waals surface area contributed by atoms with Crippen molar-refractivity contribution in [2.24, 2.45) is 0 Å². The summed E-state index contributed by atoms with van der Waals surface area (Å²) in [6.07, 6.45) is 2.18. The van der Waals surface area contributed by atoms with Crippen LogP contribution in [0.1, 0.15) is 21.6 Å². The zero-order valence-electron chi connectivity index (χ0n) is 17.7. The van der Waals surface area contributed by atoms with Gasteiger partial charge in [0.15, 0.2) is 11.4 Å². The lowest BCUT2D eigenvalue weighted by molar-refractivity contribution is -0.123. The van der Waals surface area contributed by atoms with Gasteiger partial charge in [0, 0.05) is 18.3 Å². The number of benzene rings is 3. The molecule has 0 atom stereocenters. The van der Waals surface area contributed by atoms with E-state index in [1.54, 1.807) is 4.57 Å². The molecule has 2 amide bonds. The second-order valence-corrected chi connectivity index (χ2v) is 7.60. The Kier molecular flexibility index (Phi) is 6.96. The summed E-state index contributed by atoms with van der Waals surface area (Å²) in [5, 5.41) is 0. The molecule has 0 aliphatic rings. The number of nitrogens with zero attached hydrogens (tertiary/aromatic N) is 1. The number of rotatable bonds is 7. The van der Waals surface area contributed by atoms with Crippen LogP contribution in [0, 0.1) is 4.77 Å². The molecule has 3 N–H and O–H groups in total. The average Bonchev–Trinajstić information content (AvgIpc) is 3.24. The number of hydrogen-bond donors (Lipinski definition) is 3.